The summed E-state index contributed by atoms with van der Waals surface area (Å²) < 4.78 is 8.02. The van der Waals surface area contributed by atoms with Gasteiger partial charge in [0.15, 0.2) is 5.78 Å². The Bertz CT molecular complexity index is 928. The Balaban J connectivity index is 1.55. The van der Waals surface area contributed by atoms with Crippen LogP contribution in [0.3, 0.4) is 0 Å². The number of rotatable bonds is 9. The highest BCUT2D eigenvalue weighted by molar-refractivity contribution is 7.09. The molecule has 148 valence electrons. The van der Waals surface area contributed by atoms with Gasteiger partial charge >= 0.3 is 0 Å². The Labute approximate surface area is 171 Å². The molecule has 0 saturated heterocycles. The van der Waals surface area contributed by atoms with Gasteiger partial charge in [0.25, 0.3) is 0 Å². The molecule has 0 N–H and O–H groups in total. The van der Waals surface area contributed by atoms with E-state index in [-0.39, 0.29) is 5.78 Å². The third-order valence-corrected chi connectivity index (χ3v) is 5.77. The van der Waals surface area contributed by atoms with Gasteiger partial charge in [0, 0.05) is 28.4 Å². The first-order valence-corrected chi connectivity index (χ1v) is 10.4. The second kappa shape index (κ2) is 9.22. The van der Waals surface area contributed by atoms with E-state index in [1.807, 2.05) is 56.1 Å². The molecule has 0 aliphatic heterocycles. The zero-order chi connectivity index (χ0) is 20.1. The van der Waals surface area contributed by atoms with Crippen LogP contribution in [-0.4, -0.2) is 42.0 Å². The lowest BCUT2D eigenvalue weighted by Gasteiger charge is -2.16. The standard InChI is InChI=1S/C23H28N2O2S/c1-17-7-5-8-20(13-17)27-11-10-24(4)16-23(26)22-14-18(2)25(19(22)3)15-21-9-6-12-28-21/h5-9,12-14H,10-11,15-16H2,1-4H3. The third kappa shape index (κ3) is 5.12. The van der Waals surface area contributed by atoms with Crippen LogP contribution < -0.4 is 4.74 Å². The van der Waals surface area contributed by atoms with Crippen molar-refractivity contribution in [1.29, 1.82) is 0 Å². The number of hydrogen-bond donors (Lipinski definition) is 0. The van der Waals surface area contributed by atoms with E-state index in [1.54, 1.807) is 11.3 Å². The van der Waals surface area contributed by atoms with Gasteiger partial charge < -0.3 is 9.30 Å². The number of carbonyl (C=O) groups excluding carboxylic acids is 1. The first-order chi connectivity index (χ1) is 13.4. The number of thiophene rings is 1. The molecular weight excluding hydrogens is 368 g/mol. The first kappa shape index (κ1) is 20.4. The summed E-state index contributed by atoms with van der Waals surface area (Å²) in [7, 11) is 1.96. The predicted molar refractivity (Wildman–Crippen MR) is 116 cm³/mol. The van der Waals surface area contributed by atoms with Crippen LogP contribution in [0.2, 0.25) is 0 Å². The zero-order valence-electron chi connectivity index (χ0n) is 17.1. The second-order valence-corrected chi connectivity index (χ2v) is 8.31. The fourth-order valence-electron chi connectivity index (χ4n) is 3.32. The number of hydrogen-bond acceptors (Lipinski definition) is 4. The van der Waals surface area contributed by atoms with E-state index in [9.17, 15) is 4.79 Å². The fraction of sp³-hybridized carbons (Fsp3) is 0.348. The van der Waals surface area contributed by atoms with Gasteiger partial charge in [-0.25, -0.2) is 0 Å². The van der Waals surface area contributed by atoms with E-state index in [4.69, 9.17) is 4.74 Å². The Kier molecular flexibility index (Phi) is 6.70. The van der Waals surface area contributed by atoms with Gasteiger partial charge in [-0.2, -0.15) is 0 Å². The Hall–Kier alpha value is -2.37. The second-order valence-electron chi connectivity index (χ2n) is 7.28. The molecule has 28 heavy (non-hydrogen) atoms. The third-order valence-electron chi connectivity index (χ3n) is 4.91. The number of benzene rings is 1. The van der Waals surface area contributed by atoms with Crippen molar-refractivity contribution >= 4 is 17.1 Å². The van der Waals surface area contributed by atoms with Gasteiger partial charge in [-0.3, -0.25) is 9.69 Å². The maximum Gasteiger partial charge on any atom is 0.178 e. The summed E-state index contributed by atoms with van der Waals surface area (Å²) in [4.78, 5) is 16.1. The Morgan fingerprint density at radius 2 is 1.96 bits per heavy atom. The maximum atomic E-state index is 12.8. The quantitative estimate of drug-likeness (QED) is 0.491. The molecule has 0 atom stereocenters. The highest BCUT2D eigenvalue weighted by atomic mass is 32.1. The summed E-state index contributed by atoms with van der Waals surface area (Å²) in [5.41, 5.74) is 4.17. The minimum atomic E-state index is 0.156. The van der Waals surface area contributed by atoms with E-state index >= 15 is 0 Å². The van der Waals surface area contributed by atoms with Crippen LogP contribution >= 0.6 is 11.3 Å². The predicted octanol–water partition coefficient (Wildman–Crippen LogP) is 4.72. The number of aryl methyl sites for hydroxylation is 2. The molecule has 2 aromatic heterocycles. The monoisotopic (exact) mass is 396 g/mol. The maximum absolute atomic E-state index is 12.8. The van der Waals surface area contributed by atoms with E-state index in [0.29, 0.717) is 19.7 Å². The van der Waals surface area contributed by atoms with E-state index in [2.05, 4.69) is 29.0 Å². The molecule has 3 aromatic rings. The first-order valence-electron chi connectivity index (χ1n) is 9.54. The molecule has 0 unspecified atom stereocenters. The van der Waals surface area contributed by atoms with Crippen molar-refractivity contribution in [2.75, 3.05) is 26.7 Å². The van der Waals surface area contributed by atoms with Crippen LogP contribution in [0, 0.1) is 20.8 Å². The molecule has 0 saturated carbocycles. The minimum absolute atomic E-state index is 0.156. The van der Waals surface area contributed by atoms with Crippen molar-refractivity contribution in [2.24, 2.45) is 0 Å². The van der Waals surface area contributed by atoms with Crippen LogP contribution in [0.15, 0.2) is 47.8 Å². The summed E-state index contributed by atoms with van der Waals surface area (Å²) in [6.07, 6.45) is 0. The summed E-state index contributed by atoms with van der Waals surface area (Å²) in [5, 5.41) is 2.09. The molecule has 0 aliphatic carbocycles. The summed E-state index contributed by atoms with van der Waals surface area (Å²) in [6, 6.07) is 14.2. The normalized spacial score (nSPS) is 11.2. The molecule has 0 fully saturated rings. The van der Waals surface area contributed by atoms with E-state index in [1.165, 1.54) is 10.4 Å². The Morgan fingerprint density at radius 1 is 1.14 bits per heavy atom. The molecule has 0 bridgehead atoms. The molecule has 5 heteroatoms. The van der Waals surface area contributed by atoms with Crippen LogP contribution in [-0.2, 0) is 6.54 Å². The van der Waals surface area contributed by atoms with Crippen LogP contribution in [0.4, 0.5) is 0 Å². The Morgan fingerprint density at radius 3 is 2.68 bits per heavy atom. The number of nitrogens with zero attached hydrogens (tertiary/aromatic N) is 2. The number of aromatic nitrogens is 1. The van der Waals surface area contributed by atoms with Gasteiger partial charge in [0.2, 0.25) is 0 Å². The number of carbonyl (C=O) groups is 1. The lowest BCUT2D eigenvalue weighted by Crippen LogP contribution is -2.30. The highest BCUT2D eigenvalue weighted by Gasteiger charge is 2.17. The number of likely N-dealkylation sites (N-methyl/N-ethyl adjacent to an activating group) is 1. The van der Waals surface area contributed by atoms with Crippen LogP contribution in [0.1, 0.15) is 32.2 Å². The molecule has 1 aromatic carbocycles. The zero-order valence-corrected chi connectivity index (χ0v) is 17.9. The fourth-order valence-corrected chi connectivity index (χ4v) is 4.01. The van der Waals surface area contributed by atoms with Gasteiger partial charge in [0.1, 0.15) is 12.4 Å². The summed E-state index contributed by atoms with van der Waals surface area (Å²) in [6.45, 7) is 8.62. The molecule has 4 nitrogen and oxygen atoms in total. The van der Waals surface area contributed by atoms with Crippen molar-refractivity contribution < 1.29 is 9.53 Å². The number of ketones is 1. The molecule has 2 heterocycles. The van der Waals surface area contributed by atoms with Crippen molar-refractivity contribution in [2.45, 2.75) is 27.3 Å². The smallest absolute Gasteiger partial charge is 0.178 e. The average Bonchev–Trinajstić information content (AvgIpc) is 3.25. The van der Waals surface area contributed by atoms with Gasteiger partial charge in [0.05, 0.1) is 13.1 Å². The number of Topliss-reactive ketones (excluding diaryl/α,β-unsaturated/α-hetero) is 1. The lowest BCUT2D eigenvalue weighted by molar-refractivity contribution is 0.0937. The van der Waals surface area contributed by atoms with E-state index < -0.39 is 0 Å². The topological polar surface area (TPSA) is 34.5 Å². The summed E-state index contributed by atoms with van der Waals surface area (Å²) in [5.74, 6) is 1.03. The molecule has 0 radical (unpaired) electrons. The highest BCUT2D eigenvalue weighted by Crippen LogP contribution is 2.20. The molecular formula is C23H28N2O2S. The van der Waals surface area contributed by atoms with Crippen molar-refractivity contribution in [3.05, 3.63) is 75.2 Å². The van der Waals surface area contributed by atoms with Gasteiger partial charge in [-0.1, -0.05) is 18.2 Å². The minimum Gasteiger partial charge on any atom is -0.492 e. The number of ether oxygens (including phenoxy) is 1. The van der Waals surface area contributed by atoms with Crippen LogP contribution in [0.5, 0.6) is 5.75 Å². The van der Waals surface area contributed by atoms with Crippen molar-refractivity contribution in [3.8, 4) is 5.75 Å². The SMILES string of the molecule is Cc1cccc(OCCN(C)CC(=O)c2cc(C)n(Cc3cccs3)c2C)c1. The molecule has 0 spiro atoms. The van der Waals surface area contributed by atoms with Crippen molar-refractivity contribution in [1.82, 2.24) is 9.47 Å². The largest absolute Gasteiger partial charge is 0.492 e. The molecule has 0 amide bonds. The van der Waals surface area contributed by atoms with Crippen molar-refractivity contribution in [3.63, 3.8) is 0 Å². The molecule has 3 rings (SSSR count). The lowest BCUT2D eigenvalue weighted by atomic mass is 10.1. The van der Waals surface area contributed by atoms with Gasteiger partial charge in [-0.15, -0.1) is 11.3 Å². The van der Waals surface area contributed by atoms with Crippen LogP contribution in [0.25, 0.3) is 0 Å². The van der Waals surface area contributed by atoms with E-state index in [0.717, 1.165) is 29.2 Å². The average molecular weight is 397 g/mol. The van der Waals surface area contributed by atoms with Gasteiger partial charge in [-0.05, 0) is 63.0 Å². The summed E-state index contributed by atoms with van der Waals surface area (Å²) >= 11 is 1.74. The molecule has 0 aliphatic rings.